The summed E-state index contributed by atoms with van der Waals surface area (Å²) in [5.41, 5.74) is 0. The number of nitrogens with one attached hydrogen (secondary N) is 2. The number of carbonyl (C=O) groups excluding carboxylic acids is 3. The highest BCUT2D eigenvalue weighted by Crippen LogP contribution is 2.19. The van der Waals surface area contributed by atoms with Gasteiger partial charge in [-0.1, -0.05) is 6.92 Å². The number of rotatable bonds is 8. The van der Waals surface area contributed by atoms with Crippen molar-refractivity contribution in [3.8, 4) is 0 Å². The summed E-state index contributed by atoms with van der Waals surface area (Å²) < 4.78 is 0. The average Bonchev–Trinajstić information content (AvgIpc) is 2.94. The first-order chi connectivity index (χ1) is 10.8. The summed E-state index contributed by atoms with van der Waals surface area (Å²) in [4.78, 5) is 48.4. The number of ketones is 1. The lowest BCUT2D eigenvalue weighted by molar-refractivity contribution is -0.145. The molecule has 0 aromatic carbocycles. The van der Waals surface area contributed by atoms with Crippen molar-refractivity contribution in [3.63, 3.8) is 0 Å². The van der Waals surface area contributed by atoms with Crippen LogP contribution in [0.4, 0.5) is 0 Å². The molecule has 0 bridgehead atoms. The van der Waals surface area contributed by atoms with Crippen LogP contribution < -0.4 is 10.6 Å². The average molecular weight is 327 g/mol. The third-order valence-electron chi connectivity index (χ3n) is 3.93. The number of carbonyl (C=O) groups is 4. The monoisotopic (exact) mass is 327 g/mol. The summed E-state index contributed by atoms with van der Waals surface area (Å²) in [6, 6.07) is -2.11. The lowest BCUT2D eigenvalue weighted by Gasteiger charge is -2.28. The van der Waals surface area contributed by atoms with Gasteiger partial charge in [0.25, 0.3) is 0 Å². The fourth-order valence-electron chi connectivity index (χ4n) is 2.58. The van der Waals surface area contributed by atoms with E-state index in [9.17, 15) is 19.2 Å². The molecule has 0 aromatic rings. The first-order valence-corrected chi connectivity index (χ1v) is 7.84. The van der Waals surface area contributed by atoms with Crippen molar-refractivity contribution >= 4 is 23.6 Å². The quantitative estimate of drug-likeness (QED) is 0.555. The predicted octanol–water partition coefficient (Wildman–Crippen LogP) is -0.476. The Morgan fingerprint density at radius 1 is 1.30 bits per heavy atom. The first-order valence-electron chi connectivity index (χ1n) is 7.84. The number of amides is 2. The van der Waals surface area contributed by atoms with E-state index in [1.54, 1.807) is 13.8 Å². The smallest absolute Gasteiger partial charge is 0.305 e. The van der Waals surface area contributed by atoms with Gasteiger partial charge in [0, 0.05) is 6.54 Å². The van der Waals surface area contributed by atoms with E-state index in [-0.39, 0.29) is 24.0 Å². The van der Waals surface area contributed by atoms with Crippen LogP contribution in [0.25, 0.3) is 0 Å². The summed E-state index contributed by atoms with van der Waals surface area (Å²) in [7, 11) is 0. The number of carboxylic acids is 1. The normalized spacial score (nSPS) is 20.0. The molecule has 3 atom stereocenters. The van der Waals surface area contributed by atoms with Gasteiger partial charge in [-0.3, -0.25) is 19.2 Å². The van der Waals surface area contributed by atoms with Crippen molar-refractivity contribution in [1.29, 1.82) is 0 Å². The molecular weight excluding hydrogens is 302 g/mol. The molecule has 3 N–H and O–H groups in total. The molecule has 1 fully saturated rings. The maximum atomic E-state index is 12.6. The molecule has 1 saturated heterocycles. The van der Waals surface area contributed by atoms with E-state index in [4.69, 9.17) is 5.11 Å². The summed E-state index contributed by atoms with van der Waals surface area (Å²) in [5.74, 6) is -1.99. The minimum atomic E-state index is -1.07. The molecule has 1 aliphatic heterocycles. The van der Waals surface area contributed by atoms with E-state index < -0.39 is 24.1 Å². The van der Waals surface area contributed by atoms with Crippen LogP contribution in [0.3, 0.4) is 0 Å². The van der Waals surface area contributed by atoms with E-state index in [1.807, 2.05) is 0 Å². The molecular formula is C15H25N3O5. The second-order valence-electron chi connectivity index (χ2n) is 5.74. The van der Waals surface area contributed by atoms with Gasteiger partial charge in [-0.25, -0.2) is 0 Å². The Bertz CT molecular complexity index is 480. The third-order valence-corrected chi connectivity index (χ3v) is 3.93. The summed E-state index contributed by atoms with van der Waals surface area (Å²) in [6.07, 6.45) is 0.847. The lowest BCUT2D eigenvalue weighted by Crippen LogP contribution is -2.54. The maximum Gasteiger partial charge on any atom is 0.305 e. The summed E-state index contributed by atoms with van der Waals surface area (Å²) >= 11 is 0. The summed E-state index contributed by atoms with van der Waals surface area (Å²) in [6.45, 7) is 5.62. The second kappa shape index (κ2) is 8.61. The fraction of sp³-hybridized carbons (Fsp3) is 0.733. The maximum absolute atomic E-state index is 12.6. The Morgan fingerprint density at radius 3 is 2.48 bits per heavy atom. The second-order valence-corrected chi connectivity index (χ2v) is 5.74. The van der Waals surface area contributed by atoms with Gasteiger partial charge in [0.05, 0.1) is 18.5 Å². The van der Waals surface area contributed by atoms with E-state index in [1.165, 1.54) is 11.8 Å². The van der Waals surface area contributed by atoms with Gasteiger partial charge in [0.15, 0.2) is 5.78 Å². The van der Waals surface area contributed by atoms with Crippen molar-refractivity contribution in [2.75, 3.05) is 13.1 Å². The largest absolute Gasteiger partial charge is 0.481 e. The standard InChI is InChI=1S/C15H25N3O5/c1-4-16-11(8-13(20)21)15(23)18-7-5-6-12(18)14(22)17-9(2)10(3)19/h9,11-12,16H,4-8H2,1-3H3,(H,17,22)(H,20,21)/t9-,11-,12-/m0/s1. The number of likely N-dealkylation sites (tertiary alicyclic amines) is 1. The van der Waals surface area contributed by atoms with Gasteiger partial charge in [0.2, 0.25) is 11.8 Å². The van der Waals surface area contributed by atoms with Crippen LogP contribution in [-0.4, -0.2) is 64.8 Å². The minimum Gasteiger partial charge on any atom is -0.481 e. The van der Waals surface area contributed by atoms with Crippen LogP contribution in [0.15, 0.2) is 0 Å². The summed E-state index contributed by atoms with van der Waals surface area (Å²) in [5, 5.41) is 14.4. The number of carboxylic acid groups (broad SMARTS) is 1. The van der Waals surface area contributed by atoms with Crippen LogP contribution in [-0.2, 0) is 19.2 Å². The Morgan fingerprint density at radius 2 is 1.96 bits per heavy atom. The van der Waals surface area contributed by atoms with Crippen molar-refractivity contribution in [1.82, 2.24) is 15.5 Å². The van der Waals surface area contributed by atoms with Crippen LogP contribution in [0.1, 0.15) is 40.0 Å². The Hall–Kier alpha value is -1.96. The first kappa shape index (κ1) is 19.1. The molecule has 8 heteroatoms. The molecule has 23 heavy (non-hydrogen) atoms. The van der Waals surface area contributed by atoms with Crippen molar-refractivity contribution in [2.45, 2.75) is 58.2 Å². The number of likely N-dealkylation sites (N-methyl/N-ethyl adjacent to an activating group) is 1. The zero-order valence-electron chi connectivity index (χ0n) is 13.8. The number of hydrogen-bond donors (Lipinski definition) is 3. The SMILES string of the molecule is CCN[C@@H](CC(=O)O)C(=O)N1CCC[C@H]1C(=O)N[C@@H](C)C(C)=O. The highest BCUT2D eigenvalue weighted by Gasteiger charge is 2.38. The Balaban J connectivity index is 2.79. The van der Waals surface area contributed by atoms with Gasteiger partial charge >= 0.3 is 5.97 Å². The molecule has 130 valence electrons. The highest BCUT2D eigenvalue weighted by atomic mass is 16.4. The van der Waals surface area contributed by atoms with Gasteiger partial charge in [-0.2, -0.15) is 0 Å². The molecule has 0 saturated carbocycles. The Labute approximate surface area is 135 Å². The van der Waals surface area contributed by atoms with Crippen LogP contribution in [0.2, 0.25) is 0 Å². The highest BCUT2D eigenvalue weighted by molar-refractivity contribution is 5.94. The van der Waals surface area contributed by atoms with Gasteiger partial charge in [-0.15, -0.1) is 0 Å². The zero-order chi connectivity index (χ0) is 17.6. The van der Waals surface area contributed by atoms with E-state index in [0.29, 0.717) is 25.9 Å². The fourth-order valence-corrected chi connectivity index (χ4v) is 2.58. The van der Waals surface area contributed by atoms with Gasteiger partial charge in [0.1, 0.15) is 6.04 Å². The van der Waals surface area contributed by atoms with Crippen LogP contribution in [0, 0.1) is 0 Å². The van der Waals surface area contributed by atoms with E-state index in [0.717, 1.165) is 0 Å². The topological polar surface area (TPSA) is 116 Å². The molecule has 0 aliphatic carbocycles. The van der Waals surface area contributed by atoms with Gasteiger partial charge < -0.3 is 20.6 Å². The molecule has 1 rings (SSSR count). The molecule has 0 radical (unpaired) electrons. The van der Waals surface area contributed by atoms with E-state index >= 15 is 0 Å². The molecule has 1 heterocycles. The van der Waals surface area contributed by atoms with Crippen molar-refractivity contribution in [2.24, 2.45) is 0 Å². The molecule has 2 amide bonds. The molecule has 1 aliphatic rings. The zero-order valence-corrected chi connectivity index (χ0v) is 13.8. The molecule has 0 aromatic heterocycles. The van der Waals surface area contributed by atoms with Crippen molar-refractivity contribution in [3.05, 3.63) is 0 Å². The lowest BCUT2D eigenvalue weighted by atomic mass is 10.1. The Kier molecular flexibility index (Phi) is 7.15. The van der Waals surface area contributed by atoms with Crippen LogP contribution in [0.5, 0.6) is 0 Å². The van der Waals surface area contributed by atoms with Crippen LogP contribution >= 0.6 is 0 Å². The number of hydrogen-bond acceptors (Lipinski definition) is 5. The predicted molar refractivity (Wildman–Crippen MR) is 82.7 cm³/mol. The van der Waals surface area contributed by atoms with E-state index in [2.05, 4.69) is 10.6 Å². The van der Waals surface area contributed by atoms with Gasteiger partial charge in [-0.05, 0) is 33.2 Å². The van der Waals surface area contributed by atoms with Crippen molar-refractivity contribution < 1.29 is 24.3 Å². The number of Topliss-reactive ketones (excluding diaryl/α,β-unsaturated/α-hetero) is 1. The molecule has 8 nitrogen and oxygen atoms in total. The minimum absolute atomic E-state index is 0.161. The molecule has 0 unspecified atom stereocenters. The molecule has 0 spiro atoms. The third kappa shape index (κ3) is 5.31. The number of aliphatic carboxylic acids is 1. The number of nitrogens with zero attached hydrogens (tertiary/aromatic N) is 1.